The third-order valence-corrected chi connectivity index (χ3v) is 7.83. The van der Waals surface area contributed by atoms with E-state index in [1.54, 1.807) is 6.08 Å². The van der Waals surface area contributed by atoms with Gasteiger partial charge in [0.2, 0.25) is 5.91 Å². The number of benzene rings is 2. The molecule has 0 aliphatic carbocycles. The van der Waals surface area contributed by atoms with Crippen molar-refractivity contribution in [3.8, 4) is 0 Å². The number of hydrogen-bond donors (Lipinski definition) is 4. The summed E-state index contributed by atoms with van der Waals surface area (Å²) in [4.78, 5) is 43.6. The van der Waals surface area contributed by atoms with Gasteiger partial charge in [0.25, 0.3) is 11.8 Å². The van der Waals surface area contributed by atoms with Gasteiger partial charge in [0.05, 0.1) is 11.1 Å². The van der Waals surface area contributed by atoms with Crippen molar-refractivity contribution in [1.82, 2.24) is 20.5 Å². The van der Waals surface area contributed by atoms with Gasteiger partial charge >= 0.3 is 0 Å². The van der Waals surface area contributed by atoms with E-state index in [-0.39, 0.29) is 23.8 Å². The van der Waals surface area contributed by atoms with Crippen molar-refractivity contribution in [2.24, 2.45) is 0 Å². The molecule has 2 aliphatic rings. The lowest BCUT2D eigenvalue weighted by atomic mass is 10.0. The Morgan fingerprint density at radius 1 is 1.12 bits per heavy atom. The van der Waals surface area contributed by atoms with Crippen molar-refractivity contribution < 1.29 is 18.8 Å². The number of aromatic amines is 1. The number of amides is 3. The highest BCUT2D eigenvalue weighted by molar-refractivity contribution is 6.34. The molecule has 4 N–H and O–H groups in total. The average molecular weight is 558 g/mol. The minimum absolute atomic E-state index is 0.105. The molecule has 9 heteroatoms. The second-order valence-corrected chi connectivity index (χ2v) is 10.9. The highest BCUT2D eigenvalue weighted by Crippen LogP contribution is 2.34. The summed E-state index contributed by atoms with van der Waals surface area (Å²) < 4.78 is 13.8. The van der Waals surface area contributed by atoms with E-state index in [1.165, 1.54) is 29.3 Å². The molecule has 3 aromatic rings. The molecule has 0 saturated carbocycles. The Morgan fingerprint density at radius 3 is 2.68 bits per heavy atom. The lowest BCUT2D eigenvalue weighted by molar-refractivity contribution is -0.130. The van der Waals surface area contributed by atoms with Gasteiger partial charge in [-0.25, -0.2) is 4.39 Å². The molecule has 0 unspecified atom stereocenters. The summed E-state index contributed by atoms with van der Waals surface area (Å²) in [6.07, 6.45) is 3.58. The van der Waals surface area contributed by atoms with E-state index in [2.05, 4.69) is 52.1 Å². The van der Waals surface area contributed by atoms with E-state index in [0.29, 0.717) is 65.3 Å². The van der Waals surface area contributed by atoms with E-state index in [1.807, 2.05) is 18.7 Å². The number of carbonyl (C=O) groups is 3. The molecule has 1 saturated heterocycles. The number of rotatable bonds is 9. The normalized spacial score (nSPS) is 17.2. The number of nitrogens with one attached hydrogen (secondary N) is 4. The highest BCUT2D eigenvalue weighted by atomic mass is 19.1. The maximum Gasteiger partial charge on any atom is 0.256 e. The van der Waals surface area contributed by atoms with Crippen LogP contribution in [0.4, 0.5) is 10.1 Å². The van der Waals surface area contributed by atoms with Gasteiger partial charge in [-0.05, 0) is 75.6 Å². The minimum atomic E-state index is -0.426. The molecule has 41 heavy (non-hydrogen) atoms. The number of carbonyl (C=O) groups excluding carboxylic acids is 3. The van der Waals surface area contributed by atoms with Crippen molar-refractivity contribution in [1.29, 1.82) is 0 Å². The van der Waals surface area contributed by atoms with Gasteiger partial charge < -0.3 is 25.8 Å². The number of fused-ring (bicyclic) bond motifs is 1. The molecule has 2 aromatic carbocycles. The Bertz CT molecular complexity index is 1510. The molecule has 5 rings (SSSR count). The summed E-state index contributed by atoms with van der Waals surface area (Å²) in [5.74, 6) is -0.860. The number of aryl methyl sites for hydroxylation is 2. The summed E-state index contributed by atoms with van der Waals surface area (Å²) in [6.45, 7) is 8.35. The smallest absolute Gasteiger partial charge is 0.256 e. The van der Waals surface area contributed by atoms with Crippen LogP contribution in [-0.2, 0) is 16.1 Å². The van der Waals surface area contributed by atoms with E-state index < -0.39 is 5.82 Å². The Labute approximate surface area is 239 Å². The number of anilines is 1. The molecule has 2 aliphatic heterocycles. The van der Waals surface area contributed by atoms with Gasteiger partial charge in [0, 0.05) is 54.7 Å². The van der Waals surface area contributed by atoms with Crippen LogP contribution in [0.5, 0.6) is 0 Å². The van der Waals surface area contributed by atoms with Gasteiger partial charge in [0.1, 0.15) is 5.82 Å². The Balaban J connectivity index is 1.13. The minimum Gasteiger partial charge on any atom is -0.358 e. The second-order valence-electron chi connectivity index (χ2n) is 10.9. The van der Waals surface area contributed by atoms with Crippen LogP contribution < -0.4 is 16.0 Å². The van der Waals surface area contributed by atoms with Crippen LogP contribution in [0.15, 0.2) is 42.5 Å². The first-order valence-corrected chi connectivity index (χ1v) is 14.1. The van der Waals surface area contributed by atoms with Crippen molar-refractivity contribution >= 4 is 35.1 Å². The molecule has 1 fully saturated rings. The summed E-state index contributed by atoms with van der Waals surface area (Å²) >= 11 is 0. The van der Waals surface area contributed by atoms with E-state index in [0.717, 1.165) is 19.5 Å². The monoisotopic (exact) mass is 557 g/mol. The lowest BCUT2D eigenvalue weighted by Gasteiger charge is -2.17. The standard InChI is InChI=1S/C32H36FN5O3/c1-19-6-8-22(9-7-19)17-34-13-4-5-29(39)38-14-12-24(18-38)36-32(41)30-20(2)28(35-21(30)3)16-26-25-15-23(33)10-11-27(25)37-31(26)40/h6-11,15-16,24,34-35H,4-5,12-14,17-18H2,1-3H3,(H,36,41)(H,37,40)/b26-16-/t24-/m0/s1. The number of halogens is 1. The third kappa shape index (κ3) is 6.41. The highest BCUT2D eigenvalue weighted by Gasteiger charge is 2.29. The molecule has 0 radical (unpaired) electrons. The van der Waals surface area contributed by atoms with Crippen molar-refractivity contribution in [2.75, 3.05) is 25.0 Å². The van der Waals surface area contributed by atoms with Crippen LogP contribution in [0.2, 0.25) is 0 Å². The maximum atomic E-state index is 13.8. The number of likely N-dealkylation sites (tertiary alicyclic amines) is 1. The van der Waals surface area contributed by atoms with E-state index in [9.17, 15) is 18.8 Å². The number of aromatic nitrogens is 1. The van der Waals surface area contributed by atoms with Gasteiger partial charge in [0.15, 0.2) is 0 Å². The fourth-order valence-corrected chi connectivity index (χ4v) is 5.53. The predicted octanol–water partition coefficient (Wildman–Crippen LogP) is 4.47. The Hall–Kier alpha value is -4.24. The van der Waals surface area contributed by atoms with Gasteiger partial charge in [-0.1, -0.05) is 29.8 Å². The van der Waals surface area contributed by atoms with Crippen molar-refractivity contribution in [2.45, 2.75) is 52.6 Å². The number of nitrogens with zero attached hydrogens (tertiary/aromatic N) is 1. The lowest BCUT2D eigenvalue weighted by Crippen LogP contribution is -2.38. The van der Waals surface area contributed by atoms with Crippen LogP contribution >= 0.6 is 0 Å². The molecule has 214 valence electrons. The second kappa shape index (κ2) is 12.1. The zero-order valence-corrected chi connectivity index (χ0v) is 23.7. The number of H-pyrrole nitrogens is 1. The molecular weight excluding hydrogens is 521 g/mol. The van der Waals surface area contributed by atoms with Gasteiger partial charge in [-0.2, -0.15) is 0 Å². The van der Waals surface area contributed by atoms with Crippen LogP contribution in [-0.4, -0.2) is 53.3 Å². The SMILES string of the molecule is Cc1ccc(CNCCCC(=O)N2CC[C@H](NC(=O)c3c(C)[nH]c(/C=C4\C(=O)Nc5ccc(F)cc54)c3C)C2)cc1. The predicted molar refractivity (Wildman–Crippen MR) is 158 cm³/mol. The molecule has 3 amide bonds. The van der Waals surface area contributed by atoms with Crippen LogP contribution in [0.3, 0.4) is 0 Å². The van der Waals surface area contributed by atoms with Crippen molar-refractivity contribution in [3.05, 3.63) is 87.5 Å². The first kappa shape index (κ1) is 28.3. The first-order valence-electron chi connectivity index (χ1n) is 14.1. The molecule has 1 aromatic heterocycles. The summed E-state index contributed by atoms with van der Waals surface area (Å²) in [5, 5.41) is 9.22. The quantitative estimate of drug-likeness (QED) is 0.230. The number of hydrogen-bond acceptors (Lipinski definition) is 4. The van der Waals surface area contributed by atoms with Crippen LogP contribution in [0.25, 0.3) is 11.6 Å². The van der Waals surface area contributed by atoms with E-state index in [4.69, 9.17) is 0 Å². The third-order valence-electron chi connectivity index (χ3n) is 7.83. The first-order chi connectivity index (χ1) is 19.7. The van der Waals surface area contributed by atoms with Crippen LogP contribution in [0, 0.1) is 26.6 Å². The zero-order chi connectivity index (χ0) is 29.1. The summed E-state index contributed by atoms with van der Waals surface area (Å²) in [5.41, 5.74) is 6.36. The fourth-order valence-electron chi connectivity index (χ4n) is 5.53. The summed E-state index contributed by atoms with van der Waals surface area (Å²) in [6, 6.07) is 12.4. The zero-order valence-electron chi connectivity index (χ0n) is 23.7. The Morgan fingerprint density at radius 2 is 1.90 bits per heavy atom. The molecule has 0 spiro atoms. The summed E-state index contributed by atoms with van der Waals surface area (Å²) in [7, 11) is 0. The fraction of sp³-hybridized carbons (Fsp3) is 0.344. The van der Waals surface area contributed by atoms with Crippen LogP contribution in [0.1, 0.15) is 63.3 Å². The molecule has 1 atom stereocenters. The van der Waals surface area contributed by atoms with Gasteiger partial charge in [-0.3, -0.25) is 14.4 Å². The molecule has 8 nitrogen and oxygen atoms in total. The molecule has 0 bridgehead atoms. The van der Waals surface area contributed by atoms with Crippen molar-refractivity contribution in [3.63, 3.8) is 0 Å². The average Bonchev–Trinajstić information content (AvgIpc) is 3.60. The molecule has 3 heterocycles. The molecular formula is C32H36FN5O3. The topological polar surface area (TPSA) is 106 Å². The largest absolute Gasteiger partial charge is 0.358 e. The van der Waals surface area contributed by atoms with E-state index >= 15 is 0 Å². The maximum absolute atomic E-state index is 13.8. The van der Waals surface area contributed by atoms with Gasteiger partial charge in [-0.15, -0.1) is 0 Å². The Kier molecular flexibility index (Phi) is 8.35.